The van der Waals surface area contributed by atoms with E-state index in [4.69, 9.17) is 0 Å². The summed E-state index contributed by atoms with van der Waals surface area (Å²) in [6, 6.07) is 14.7. The first-order valence-corrected chi connectivity index (χ1v) is 6.64. The maximum atomic E-state index is 11.2. The highest BCUT2D eigenvalue weighted by molar-refractivity contribution is 5.86. The van der Waals surface area contributed by atoms with Gasteiger partial charge in [0.25, 0.3) is 0 Å². The highest BCUT2D eigenvalue weighted by Crippen LogP contribution is 2.35. The number of rotatable bonds is 1. The van der Waals surface area contributed by atoms with E-state index in [9.17, 15) is 9.90 Å². The van der Waals surface area contributed by atoms with E-state index in [1.165, 1.54) is 16.3 Å². The number of likely N-dealkylation sites (tertiary alicyclic amines) is 1. The van der Waals surface area contributed by atoms with Gasteiger partial charge in [0, 0.05) is 18.5 Å². The highest BCUT2D eigenvalue weighted by Gasteiger charge is 2.33. The smallest absolute Gasteiger partial charge is 0.407 e. The zero-order chi connectivity index (χ0) is 13.4. The van der Waals surface area contributed by atoms with Crippen molar-refractivity contribution < 1.29 is 9.90 Å². The summed E-state index contributed by atoms with van der Waals surface area (Å²) in [5.74, 6) is 0.303. The molecular weight excluding hydrogens is 238 g/mol. The molecule has 1 fully saturated rings. The lowest BCUT2D eigenvalue weighted by molar-refractivity contribution is 0.143. The number of hydrogen-bond acceptors (Lipinski definition) is 1. The maximum Gasteiger partial charge on any atom is 0.407 e. The molecule has 0 radical (unpaired) electrons. The summed E-state index contributed by atoms with van der Waals surface area (Å²) in [6.45, 7) is 2.59. The molecule has 19 heavy (non-hydrogen) atoms. The molecule has 2 atom stereocenters. The molecular formula is C16H17NO2. The third-order valence-electron chi connectivity index (χ3n) is 4.08. The first-order chi connectivity index (χ1) is 9.16. The molecule has 2 aromatic rings. The second-order valence-electron chi connectivity index (χ2n) is 5.28. The second-order valence-corrected chi connectivity index (χ2v) is 5.28. The maximum absolute atomic E-state index is 11.2. The van der Waals surface area contributed by atoms with E-state index in [0.717, 1.165) is 6.42 Å². The van der Waals surface area contributed by atoms with Crippen LogP contribution in [0.15, 0.2) is 42.5 Å². The number of amides is 1. The Labute approximate surface area is 112 Å². The van der Waals surface area contributed by atoms with Crippen molar-refractivity contribution in [2.45, 2.75) is 25.3 Å². The van der Waals surface area contributed by atoms with Gasteiger partial charge >= 0.3 is 6.09 Å². The SMILES string of the molecule is C[C@@H]1C[C@H](c2cccc3ccccc23)CN1C(=O)O. The molecule has 3 rings (SSSR count). The molecule has 3 heteroatoms. The van der Waals surface area contributed by atoms with Gasteiger partial charge in [0.15, 0.2) is 0 Å². The molecule has 0 saturated carbocycles. The van der Waals surface area contributed by atoms with Crippen LogP contribution >= 0.6 is 0 Å². The number of benzene rings is 2. The summed E-state index contributed by atoms with van der Waals surface area (Å²) in [6.07, 6.45) is 0.0931. The third-order valence-corrected chi connectivity index (χ3v) is 4.08. The van der Waals surface area contributed by atoms with Crippen molar-refractivity contribution in [1.82, 2.24) is 4.90 Å². The Balaban J connectivity index is 2.00. The lowest BCUT2D eigenvalue weighted by atomic mass is 9.92. The van der Waals surface area contributed by atoms with Gasteiger partial charge < -0.3 is 10.0 Å². The molecule has 1 heterocycles. The predicted molar refractivity (Wildman–Crippen MR) is 75.5 cm³/mol. The van der Waals surface area contributed by atoms with Crippen LogP contribution in [0.5, 0.6) is 0 Å². The Morgan fingerprint density at radius 2 is 1.95 bits per heavy atom. The minimum atomic E-state index is -0.810. The zero-order valence-corrected chi connectivity index (χ0v) is 10.9. The topological polar surface area (TPSA) is 40.5 Å². The highest BCUT2D eigenvalue weighted by atomic mass is 16.4. The lowest BCUT2D eigenvalue weighted by Gasteiger charge is -2.17. The molecule has 0 spiro atoms. The van der Waals surface area contributed by atoms with E-state index < -0.39 is 6.09 Å². The van der Waals surface area contributed by atoms with E-state index in [2.05, 4.69) is 30.3 Å². The summed E-state index contributed by atoms with van der Waals surface area (Å²) in [7, 11) is 0. The average Bonchev–Trinajstić information content (AvgIpc) is 2.80. The molecule has 0 unspecified atom stereocenters. The van der Waals surface area contributed by atoms with E-state index >= 15 is 0 Å². The standard InChI is InChI=1S/C16H17NO2/c1-11-9-13(10-17(11)16(18)19)15-8-4-6-12-5-2-3-7-14(12)15/h2-8,11,13H,9-10H2,1H3,(H,18,19)/t11-,13+/m1/s1. The van der Waals surface area contributed by atoms with Gasteiger partial charge in [-0.1, -0.05) is 42.5 Å². The Morgan fingerprint density at radius 1 is 1.21 bits per heavy atom. The molecule has 98 valence electrons. The molecule has 0 aliphatic carbocycles. The Kier molecular flexibility index (Phi) is 2.90. The Hall–Kier alpha value is -2.03. The van der Waals surface area contributed by atoms with Crippen LogP contribution in [-0.2, 0) is 0 Å². The lowest BCUT2D eigenvalue weighted by Crippen LogP contribution is -2.32. The van der Waals surface area contributed by atoms with Crippen molar-refractivity contribution in [2.75, 3.05) is 6.54 Å². The van der Waals surface area contributed by atoms with Crippen molar-refractivity contribution in [2.24, 2.45) is 0 Å². The predicted octanol–water partition coefficient (Wildman–Crippen LogP) is 3.70. The molecule has 1 aliphatic rings. The van der Waals surface area contributed by atoms with Crippen LogP contribution < -0.4 is 0 Å². The van der Waals surface area contributed by atoms with Crippen molar-refractivity contribution in [3.05, 3.63) is 48.0 Å². The Morgan fingerprint density at radius 3 is 2.68 bits per heavy atom. The van der Waals surface area contributed by atoms with E-state index in [-0.39, 0.29) is 6.04 Å². The number of carboxylic acid groups (broad SMARTS) is 1. The van der Waals surface area contributed by atoms with Crippen molar-refractivity contribution in [3.63, 3.8) is 0 Å². The van der Waals surface area contributed by atoms with Crippen LogP contribution in [0.3, 0.4) is 0 Å². The van der Waals surface area contributed by atoms with Gasteiger partial charge in [-0.05, 0) is 29.7 Å². The molecule has 0 bridgehead atoms. The fraction of sp³-hybridized carbons (Fsp3) is 0.312. The summed E-state index contributed by atoms with van der Waals surface area (Å²) in [5.41, 5.74) is 1.27. The number of hydrogen-bond donors (Lipinski definition) is 1. The molecule has 1 amide bonds. The van der Waals surface area contributed by atoms with Gasteiger partial charge in [-0.3, -0.25) is 0 Å². The molecule has 1 saturated heterocycles. The first kappa shape index (κ1) is 12.0. The van der Waals surface area contributed by atoms with Crippen LogP contribution in [0, 0.1) is 0 Å². The van der Waals surface area contributed by atoms with Gasteiger partial charge in [0.05, 0.1) is 0 Å². The van der Waals surface area contributed by atoms with Gasteiger partial charge in [0.2, 0.25) is 0 Å². The quantitative estimate of drug-likeness (QED) is 0.844. The average molecular weight is 255 g/mol. The van der Waals surface area contributed by atoms with Crippen molar-refractivity contribution in [1.29, 1.82) is 0 Å². The van der Waals surface area contributed by atoms with Crippen LogP contribution in [0.25, 0.3) is 10.8 Å². The largest absolute Gasteiger partial charge is 0.465 e. The zero-order valence-electron chi connectivity index (χ0n) is 10.9. The third kappa shape index (κ3) is 2.05. The fourth-order valence-electron chi connectivity index (χ4n) is 3.13. The number of nitrogens with zero attached hydrogens (tertiary/aromatic N) is 1. The van der Waals surface area contributed by atoms with E-state index in [1.54, 1.807) is 4.90 Å². The van der Waals surface area contributed by atoms with E-state index in [0.29, 0.717) is 12.5 Å². The fourth-order valence-corrected chi connectivity index (χ4v) is 3.13. The van der Waals surface area contributed by atoms with Crippen LogP contribution in [0.2, 0.25) is 0 Å². The molecule has 1 N–H and O–H groups in total. The second kappa shape index (κ2) is 4.57. The van der Waals surface area contributed by atoms with Gasteiger partial charge in [-0.15, -0.1) is 0 Å². The molecule has 0 aromatic heterocycles. The Bertz CT molecular complexity index is 618. The molecule has 1 aliphatic heterocycles. The molecule has 2 aromatic carbocycles. The normalized spacial score (nSPS) is 22.9. The van der Waals surface area contributed by atoms with Crippen LogP contribution in [0.1, 0.15) is 24.8 Å². The first-order valence-electron chi connectivity index (χ1n) is 6.64. The summed E-state index contributed by atoms with van der Waals surface area (Å²) < 4.78 is 0. The number of fused-ring (bicyclic) bond motifs is 1. The van der Waals surface area contributed by atoms with E-state index in [1.807, 2.05) is 19.1 Å². The molecule has 3 nitrogen and oxygen atoms in total. The minimum Gasteiger partial charge on any atom is -0.465 e. The van der Waals surface area contributed by atoms with Gasteiger partial charge in [-0.2, -0.15) is 0 Å². The van der Waals surface area contributed by atoms with Crippen LogP contribution in [0.4, 0.5) is 4.79 Å². The van der Waals surface area contributed by atoms with Crippen molar-refractivity contribution in [3.8, 4) is 0 Å². The van der Waals surface area contributed by atoms with Gasteiger partial charge in [0.1, 0.15) is 0 Å². The number of carbonyl (C=O) groups is 1. The van der Waals surface area contributed by atoms with Gasteiger partial charge in [-0.25, -0.2) is 4.79 Å². The minimum absolute atomic E-state index is 0.0986. The monoisotopic (exact) mass is 255 g/mol. The van der Waals surface area contributed by atoms with Crippen LogP contribution in [-0.4, -0.2) is 28.7 Å². The summed E-state index contributed by atoms with van der Waals surface area (Å²) in [4.78, 5) is 12.7. The van der Waals surface area contributed by atoms with Crippen molar-refractivity contribution >= 4 is 16.9 Å². The summed E-state index contributed by atoms with van der Waals surface area (Å²) >= 11 is 0. The summed E-state index contributed by atoms with van der Waals surface area (Å²) in [5, 5.41) is 11.7.